The van der Waals surface area contributed by atoms with Gasteiger partial charge in [0.25, 0.3) is 5.56 Å². The molecule has 0 radical (unpaired) electrons. The van der Waals surface area contributed by atoms with E-state index in [-0.39, 0.29) is 35.9 Å². The van der Waals surface area contributed by atoms with Crippen LogP contribution in [0.3, 0.4) is 0 Å². The van der Waals surface area contributed by atoms with Gasteiger partial charge in [-0.05, 0) is 36.8 Å². The lowest BCUT2D eigenvalue weighted by molar-refractivity contribution is -0.116. The lowest BCUT2D eigenvalue weighted by Crippen LogP contribution is -2.23. The summed E-state index contributed by atoms with van der Waals surface area (Å²) in [5.41, 5.74) is 2.33. The predicted octanol–water partition coefficient (Wildman–Crippen LogP) is 3.95. The van der Waals surface area contributed by atoms with E-state index in [9.17, 15) is 18.8 Å². The van der Waals surface area contributed by atoms with Crippen LogP contribution in [0.15, 0.2) is 52.9 Å². The Morgan fingerprint density at radius 1 is 1.18 bits per heavy atom. The summed E-state index contributed by atoms with van der Waals surface area (Å²) in [5, 5.41) is 7.65. The van der Waals surface area contributed by atoms with Crippen LogP contribution in [0.1, 0.15) is 18.9 Å². The van der Waals surface area contributed by atoms with E-state index >= 15 is 0 Å². The Bertz CT molecular complexity index is 1430. The number of halogens is 1. The Kier molecular flexibility index (Phi) is 6.27. The van der Waals surface area contributed by atoms with Crippen molar-refractivity contribution in [3.63, 3.8) is 0 Å². The first-order valence-corrected chi connectivity index (χ1v) is 11.0. The summed E-state index contributed by atoms with van der Waals surface area (Å²) in [6.07, 6.45) is 1.49. The van der Waals surface area contributed by atoms with E-state index in [0.717, 1.165) is 16.9 Å². The lowest BCUT2D eigenvalue weighted by Gasteiger charge is -2.07. The largest absolute Gasteiger partial charge is 0.326 e. The fourth-order valence-electron chi connectivity index (χ4n) is 3.36. The van der Waals surface area contributed by atoms with Gasteiger partial charge in [0.05, 0.1) is 22.9 Å². The molecule has 0 aliphatic heterocycles. The highest BCUT2D eigenvalue weighted by Crippen LogP contribution is 2.28. The molecule has 0 aliphatic carbocycles. The number of aromatic nitrogens is 3. The zero-order chi connectivity index (χ0) is 23.5. The molecule has 2 aromatic heterocycles. The summed E-state index contributed by atoms with van der Waals surface area (Å²) in [5.74, 6) is -1.16. The van der Waals surface area contributed by atoms with E-state index in [1.165, 1.54) is 30.0 Å². The Hall–Kier alpha value is -3.92. The maximum absolute atomic E-state index is 14.4. The fourth-order valence-corrected chi connectivity index (χ4v) is 4.09. The topological polar surface area (TPSA) is 106 Å². The van der Waals surface area contributed by atoms with Gasteiger partial charge >= 0.3 is 0 Å². The number of benzene rings is 2. The predicted molar refractivity (Wildman–Crippen MR) is 126 cm³/mol. The lowest BCUT2D eigenvalue weighted by atomic mass is 10.1. The van der Waals surface area contributed by atoms with Crippen molar-refractivity contribution in [2.45, 2.75) is 26.8 Å². The minimum absolute atomic E-state index is 0.0492. The summed E-state index contributed by atoms with van der Waals surface area (Å²) >= 11 is 1.16. The third-order valence-electron chi connectivity index (χ3n) is 4.95. The van der Waals surface area contributed by atoms with Crippen LogP contribution in [0.25, 0.3) is 22.2 Å². The second kappa shape index (κ2) is 9.29. The van der Waals surface area contributed by atoms with Crippen LogP contribution in [-0.2, 0) is 16.1 Å². The minimum Gasteiger partial charge on any atom is -0.326 e. The van der Waals surface area contributed by atoms with Crippen LogP contribution in [0.5, 0.6) is 0 Å². The van der Waals surface area contributed by atoms with Crippen molar-refractivity contribution in [2.75, 3.05) is 10.6 Å². The Morgan fingerprint density at radius 3 is 2.76 bits per heavy atom. The van der Waals surface area contributed by atoms with Crippen LogP contribution in [0.4, 0.5) is 15.2 Å². The van der Waals surface area contributed by atoms with E-state index < -0.39 is 5.82 Å². The van der Waals surface area contributed by atoms with Gasteiger partial charge in [-0.2, -0.15) is 0 Å². The molecule has 0 fully saturated rings. The average Bonchev–Trinajstić information content (AvgIpc) is 3.21. The normalized spacial score (nSPS) is 10.9. The molecule has 33 heavy (non-hydrogen) atoms. The molecule has 0 saturated heterocycles. The third kappa shape index (κ3) is 4.96. The van der Waals surface area contributed by atoms with E-state index in [2.05, 4.69) is 20.6 Å². The number of carbonyl (C=O) groups excluding carboxylic acids is 2. The minimum atomic E-state index is -0.539. The van der Waals surface area contributed by atoms with Gasteiger partial charge in [0.2, 0.25) is 11.8 Å². The third-order valence-corrected chi connectivity index (χ3v) is 5.71. The maximum Gasteiger partial charge on any atom is 0.261 e. The van der Waals surface area contributed by atoms with Crippen molar-refractivity contribution in [3.8, 4) is 11.3 Å². The second-order valence-electron chi connectivity index (χ2n) is 7.43. The molecule has 0 atom stereocenters. The number of hydrogen-bond acceptors (Lipinski definition) is 6. The molecule has 0 spiro atoms. The first-order chi connectivity index (χ1) is 15.8. The van der Waals surface area contributed by atoms with Crippen molar-refractivity contribution in [1.29, 1.82) is 0 Å². The molecule has 0 saturated carbocycles. The smallest absolute Gasteiger partial charge is 0.261 e. The number of carbonyl (C=O) groups is 2. The number of nitrogens with one attached hydrogen (secondary N) is 2. The van der Waals surface area contributed by atoms with Gasteiger partial charge in [-0.15, -0.1) is 11.3 Å². The van der Waals surface area contributed by atoms with Gasteiger partial charge < -0.3 is 10.6 Å². The Labute approximate surface area is 192 Å². The van der Waals surface area contributed by atoms with Gasteiger partial charge in [0.1, 0.15) is 5.82 Å². The van der Waals surface area contributed by atoms with E-state index in [0.29, 0.717) is 27.4 Å². The number of nitrogens with zero attached hydrogens (tertiary/aromatic N) is 3. The van der Waals surface area contributed by atoms with Crippen LogP contribution < -0.4 is 16.2 Å². The molecule has 4 rings (SSSR count). The Morgan fingerprint density at radius 2 is 2.00 bits per heavy atom. The summed E-state index contributed by atoms with van der Waals surface area (Å²) < 4.78 is 15.8. The number of rotatable bonds is 6. The first-order valence-electron chi connectivity index (χ1n) is 10.1. The number of thiazole rings is 1. The number of hydrogen-bond donors (Lipinski definition) is 2. The van der Waals surface area contributed by atoms with Crippen molar-refractivity contribution < 1.29 is 14.0 Å². The molecule has 2 amide bonds. The highest BCUT2D eigenvalue weighted by Gasteiger charge is 2.13. The molecular weight excluding hydrogens is 445 g/mol. The quantitative estimate of drug-likeness (QED) is 0.448. The molecular formula is C23H20FN5O3S. The summed E-state index contributed by atoms with van der Waals surface area (Å²) in [6, 6.07) is 9.71. The van der Waals surface area contributed by atoms with Crippen LogP contribution >= 0.6 is 11.3 Å². The van der Waals surface area contributed by atoms with Gasteiger partial charge in [-0.25, -0.2) is 14.4 Å². The van der Waals surface area contributed by atoms with Gasteiger partial charge in [-0.1, -0.05) is 12.1 Å². The number of anilines is 2. The Balaban J connectivity index is 1.41. The molecule has 2 aromatic carbocycles. The van der Waals surface area contributed by atoms with E-state index in [4.69, 9.17) is 0 Å². The standard InChI is InChI=1S/C23H20FN5O3S/c1-13-4-3-5-17-21(13)25-12-29(22(17)32)9-8-20(31)28-23-27-19(11-33-23)16-7-6-15(10-18(16)24)26-14(2)30/h3-7,10-12H,8-9H2,1-2H3,(H,26,30)(H,27,28,31). The summed E-state index contributed by atoms with van der Waals surface area (Å²) in [7, 11) is 0. The van der Waals surface area contributed by atoms with E-state index in [1.807, 2.05) is 13.0 Å². The van der Waals surface area contributed by atoms with Crippen LogP contribution in [0.2, 0.25) is 0 Å². The number of aryl methyl sites for hydroxylation is 2. The highest BCUT2D eigenvalue weighted by atomic mass is 32.1. The number of fused-ring (bicyclic) bond motifs is 1. The van der Waals surface area contributed by atoms with Crippen molar-refractivity contribution >= 4 is 44.9 Å². The molecule has 4 aromatic rings. The number of amides is 2. The molecule has 10 heteroatoms. The zero-order valence-electron chi connectivity index (χ0n) is 17.9. The van der Waals surface area contributed by atoms with Gasteiger partial charge in [0, 0.05) is 36.5 Å². The number of para-hydroxylation sites is 1. The second-order valence-corrected chi connectivity index (χ2v) is 8.28. The summed E-state index contributed by atoms with van der Waals surface area (Å²) in [6.45, 7) is 3.39. The summed E-state index contributed by atoms with van der Waals surface area (Å²) in [4.78, 5) is 44.7. The molecule has 2 N–H and O–H groups in total. The molecule has 0 unspecified atom stereocenters. The van der Waals surface area contributed by atoms with Gasteiger partial charge in [-0.3, -0.25) is 19.0 Å². The monoisotopic (exact) mass is 465 g/mol. The molecule has 168 valence electrons. The van der Waals surface area contributed by atoms with Crippen molar-refractivity contribution in [3.05, 3.63) is 69.8 Å². The van der Waals surface area contributed by atoms with E-state index in [1.54, 1.807) is 23.6 Å². The molecule has 0 aliphatic rings. The average molecular weight is 466 g/mol. The first kappa shape index (κ1) is 22.3. The SMILES string of the molecule is CC(=O)Nc1ccc(-c2csc(NC(=O)CCn3cnc4c(C)cccc4c3=O)n2)c(F)c1. The highest BCUT2D eigenvalue weighted by molar-refractivity contribution is 7.14. The zero-order valence-corrected chi connectivity index (χ0v) is 18.7. The van der Waals surface area contributed by atoms with Gasteiger partial charge in [0.15, 0.2) is 5.13 Å². The van der Waals surface area contributed by atoms with Crippen molar-refractivity contribution in [2.24, 2.45) is 0 Å². The fraction of sp³-hybridized carbons (Fsp3) is 0.174. The van der Waals surface area contributed by atoms with Crippen LogP contribution in [-0.4, -0.2) is 26.3 Å². The van der Waals surface area contributed by atoms with Crippen molar-refractivity contribution in [1.82, 2.24) is 14.5 Å². The van der Waals surface area contributed by atoms with Crippen LogP contribution in [0, 0.1) is 12.7 Å². The molecule has 8 nitrogen and oxygen atoms in total. The molecule has 2 heterocycles. The molecule has 0 bridgehead atoms. The maximum atomic E-state index is 14.4.